The van der Waals surface area contributed by atoms with Crippen molar-refractivity contribution >= 4 is 57.2 Å². The first kappa shape index (κ1) is 52.7. The molecule has 0 unspecified atom stereocenters. The van der Waals surface area contributed by atoms with Gasteiger partial charge in [0.05, 0.1) is 28.4 Å². The summed E-state index contributed by atoms with van der Waals surface area (Å²) in [7, 11) is -4.05. The van der Waals surface area contributed by atoms with Crippen LogP contribution in [0.1, 0.15) is 92.2 Å². The number of nitrogens with two attached hydrogens (primary N) is 1. The van der Waals surface area contributed by atoms with Gasteiger partial charge in [-0.3, -0.25) is 14.4 Å². The molecule has 4 aromatic rings. The lowest BCUT2D eigenvalue weighted by Gasteiger charge is -2.18. The monoisotopic (exact) mass is 1010 g/mol. The highest BCUT2D eigenvalue weighted by molar-refractivity contribution is 8.00. The second kappa shape index (κ2) is 24.8. The van der Waals surface area contributed by atoms with E-state index in [1.807, 2.05) is 11.8 Å². The molecule has 0 radical (unpaired) electrons. The number of carbonyl (C=O) groups excluding carboxylic acids is 5. The van der Waals surface area contributed by atoms with Crippen LogP contribution in [-0.2, 0) is 41.9 Å². The number of amides is 5. The summed E-state index contributed by atoms with van der Waals surface area (Å²) in [6, 6.07) is 16.7. The number of sulfonamides is 1. The van der Waals surface area contributed by atoms with Crippen LogP contribution >= 0.6 is 11.8 Å². The van der Waals surface area contributed by atoms with Crippen molar-refractivity contribution in [3.63, 3.8) is 0 Å². The zero-order valence-corrected chi connectivity index (χ0v) is 39.6. The number of benzene rings is 3. The van der Waals surface area contributed by atoms with Crippen LogP contribution < -0.4 is 31.7 Å². The minimum absolute atomic E-state index is 0.00196. The lowest BCUT2D eigenvalue weighted by molar-refractivity contribution is -0.147. The van der Waals surface area contributed by atoms with Crippen LogP contribution in [0.2, 0.25) is 0 Å². The fraction of sp³-hybridized carbons (Fsp3) is 0.435. The van der Waals surface area contributed by atoms with Gasteiger partial charge < -0.3 is 31.3 Å². The van der Waals surface area contributed by atoms with Gasteiger partial charge in [0, 0.05) is 58.7 Å². The molecule has 2 fully saturated rings. The fourth-order valence-corrected chi connectivity index (χ4v) is 9.97. The topological polar surface area (TPSA) is 281 Å². The summed E-state index contributed by atoms with van der Waals surface area (Å²) in [4.78, 5) is 65.6. The Morgan fingerprint density at radius 3 is 2.20 bits per heavy atom. The van der Waals surface area contributed by atoms with Crippen LogP contribution in [-0.4, -0.2) is 90.1 Å². The average Bonchev–Trinajstić information content (AvgIpc) is 4.05. The molecule has 4 atom stereocenters. The lowest BCUT2D eigenvalue weighted by Crippen LogP contribution is -2.42. The van der Waals surface area contributed by atoms with E-state index in [-0.39, 0.29) is 70.5 Å². The van der Waals surface area contributed by atoms with Gasteiger partial charge in [-0.25, -0.2) is 27.8 Å². The Hall–Kier alpha value is -6.62. The van der Waals surface area contributed by atoms with Crippen molar-refractivity contribution in [3.8, 4) is 16.9 Å². The first-order valence-corrected chi connectivity index (χ1v) is 25.3. The van der Waals surface area contributed by atoms with E-state index in [4.69, 9.17) is 15.4 Å². The van der Waals surface area contributed by atoms with Crippen LogP contribution in [0, 0.1) is 0 Å². The highest BCUT2D eigenvalue weighted by atomic mass is 32.2. The van der Waals surface area contributed by atoms with Crippen LogP contribution in [0.3, 0.4) is 0 Å². The number of alkyl halides is 3. The van der Waals surface area contributed by atoms with E-state index in [9.17, 15) is 45.6 Å². The minimum Gasteiger partial charge on any atom is -0.459 e. The number of nitrogens with one attached hydrogen (secondary N) is 5. The SMILES string of the molecule is [N-]=[N+]=Nc1ccc(C(=O)N[C@@H](CCCCNC(=O)CCCCCNC(=O)CCCC[C@@H]2SC[C@@H]3NC(=O)N[C@H]32)C(=O)OCc2ccc(-c3cc(C(F)(F)F)nn3-c3ccc(S(N)(=O)=O)cc3)cc2)cc1. The Balaban J connectivity index is 0.934. The molecule has 374 valence electrons. The summed E-state index contributed by atoms with van der Waals surface area (Å²) in [6.07, 6.45) is 1.81. The largest absolute Gasteiger partial charge is 0.459 e. The van der Waals surface area contributed by atoms with Crippen molar-refractivity contribution in [1.82, 2.24) is 36.4 Å². The summed E-state index contributed by atoms with van der Waals surface area (Å²) in [5.41, 5.74) is 8.97. The number of urea groups is 1. The number of nitrogens with zero attached hydrogens (tertiary/aromatic N) is 5. The van der Waals surface area contributed by atoms with E-state index >= 15 is 0 Å². The van der Waals surface area contributed by atoms with Gasteiger partial charge in [-0.15, -0.1) is 0 Å². The van der Waals surface area contributed by atoms with Gasteiger partial charge in [0.2, 0.25) is 21.8 Å². The highest BCUT2D eigenvalue weighted by Gasteiger charge is 2.42. The van der Waals surface area contributed by atoms with Crippen LogP contribution in [0.4, 0.5) is 23.7 Å². The molecule has 70 heavy (non-hydrogen) atoms. The van der Waals surface area contributed by atoms with Gasteiger partial charge in [-0.1, -0.05) is 54.4 Å². The Morgan fingerprint density at radius 2 is 1.56 bits per heavy atom. The molecule has 5 amide bonds. The van der Waals surface area contributed by atoms with Crippen molar-refractivity contribution in [3.05, 3.63) is 106 Å². The van der Waals surface area contributed by atoms with Gasteiger partial charge in [-0.05, 0) is 98.5 Å². The molecule has 19 nitrogen and oxygen atoms in total. The van der Waals surface area contributed by atoms with Crippen molar-refractivity contribution in [2.24, 2.45) is 10.3 Å². The Bertz CT molecular complexity index is 2630. The van der Waals surface area contributed by atoms with Gasteiger partial charge in [-0.2, -0.15) is 30.0 Å². The third-order valence-electron chi connectivity index (χ3n) is 11.6. The van der Waals surface area contributed by atoms with Crippen LogP contribution in [0.5, 0.6) is 0 Å². The molecule has 2 aliphatic heterocycles. The summed E-state index contributed by atoms with van der Waals surface area (Å²) in [6.45, 7) is 0.607. The minimum atomic E-state index is -4.79. The molecule has 0 bridgehead atoms. The van der Waals surface area contributed by atoms with E-state index in [0.29, 0.717) is 61.6 Å². The molecule has 6 rings (SSSR count). The maximum Gasteiger partial charge on any atom is 0.435 e. The second-order valence-corrected chi connectivity index (χ2v) is 19.6. The molecular formula is C46H54F3N11O8S2. The van der Waals surface area contributed by atoms with Gasteiger partial charge in [0.1, 0.15) is 12.6 Å². The lowest BCUT2D eigenvalue weighted by atomic mass is 10.0. The van der Waals surface area contributed by atoms with E-state index in [1.54, 1.807) is 12.1 Å². The van der Waals surface area contributed by atoms with Gasteiger partial charge >= 0.3 is 18.2 Å². The molecule has 3 aromatic carbocycles. The Labute approximate surface area is 406 Å². The maximum atomic E-state index is 13.8. The van der Waals surface area contributed by atoms with Gasteiger partial charge in [0.25, 0.3) is 5.91 Å². The summed E-state index contributed by atoms with van der Waals surface area (Å²) >= 11 is 1.86. The number of hydrogen-bond acceptors (Lipinski definition) is 11. The molecule has 24 heteroatoms. The Kier molecular flexibility index (Phi) is 18.7. The number of aromatic nitrogens is 2. The van der Waals surface area contributed by atoms with E-state index < -0.39 is 39.8 Å². The van der Waals surface area contributed by atoms with E-state index in [0.717, 1.165) is 60.7 Å². The predicted molar refractivity (Wildman–Crippen MR) is 254 cm³/mol. The zero-order valence-electron chi connectivity index (χ0n) is 38.0. The quantitative estimate of drug-likeness (QED) is 0.0102. The number of halogens is 3. The number of rotatable bonds is 25. The fourth-order valence-electron chi connectivity index (χ4n) is 7.91. The number of esters is 1. The number of ether oxygens (including phenoxy) is 1. The van der Waals surface area contributed by atoms with E-state index in [2.05, 4.69) is 41.7 Å². The molecule has 0 saturated carbocycles. The van der Waals surface area contributed by atoms with Crippen LogP contribution in [0.15, 0.2) is 88.9 Å². The van der Waals surface area contributed by atoms with Crippen molar-refractivity contribution in [2.45, 2.75) is 112 Å². The summed E-state index contributed by atoms with van der Waals surface area (Å²) in [5, 5.41) is 27.2. The third kappa shape index (κ3) is 15.4. The average molecular weight is 1010 g/mol. The number of carbonyl (C=O) groups is 5. The Morgan fingerprint density at radius 1 is 0.900 bits per heavy atom. The smallest absolute Gasteiger partial charge is 0.435 e. The standard InChI is InChI=1S/C46H54F3N11O8S2/c47-46(48,49)39-26-37(60(58-39)33-20-22-34(23-21-33)70(51,66)67)30-14-12-29(13-15-30)27-68-44(64)35(54-43(63)31-16-18-32(19-17-31)57-59-50)8-5-7-25-53-40(61)10-2-1-6-24-52-41(62)11-4-3-9-38-42-36(28-69-38)55-45(65)56-42/h12-23,26,35-36,38,42H,1-11,24-25,27-28H2,(H,52,62)(H,53,61)(H,54,63)(H2,51,66,67)(H2,55,56,65)/t35-,36-,38-,42+/m0/s1. The highest BCUT2D eigenvalue weighted by Crippen LogP contribution is 2.35. The molecular weight excluding hydrogens is 956 g/mol. The molecule has 7 N–H and O–H groups in total. The normalized spacial score (nSPS) is 16.8. The molecule has 0 aliphatic carbocycles. The molecule has 2 saturated heterocycles. The predicted octanol–water partition coefficient (Wildman–Crippen LogP) is 6.68. The number of azide groups is 1. The number of thioether (sulfide) groups is 1. The zero-order chi connectivity index (χ0) is 50.3. The molecule has 0 spiro atoms. The molecule has 2 aliphatic rings. The summed E-state index contributed by atoms with van der Waals surface area (Å²) < 4.78 is 71.4. The first-order valence-electron chi connectivity index (χ1n) is 22.7. The maximum absolute atomic E-state index is 13.8. The molecule has 1 aromatic heterocycles. The summed E-state index contributed by atoms with van der Waals surface area (Å²) in [5.74, 6) is -0.567. The van der Waals surface area contributed by atoms with Crippen molar-refractivity contribution in [2.75, 3.05) is 18.8 Å². The van der Waals surface area contributed by atoms with E-state index in [1.165, 1.54) is 48.5 Å². The second-order valence-electron chi connectivity index (χ2n) is 16.8. The number of primary sulfonamides is 1. The number of fused-ring (bicyclic) bond motifs is 1. The van der Waals surface area contributed by atoms with Crippen LogP contribution in [0.25, 0.3) is 27.4 Å². The van der Waals surface area contributed by atoms with Crippen molar-refractivity contribution < 1.29 is 50.3 Å². The number of hydrogen-bond donors (Lipinski definition) is 6. The molecule has 3 heterocycles. The third-order valence-corrected chi connectivity index (χ3v) is 14.1. The van der Waals surface area contributed by atoms with Crippen molar-refractivity contribution in [1.29, 1.82) is 0 Å². The first-order chi connectivity index (χ1) is 33.5. The number of unbranched alkanes of at least 4 members (excludes halogenated alkanes) is 4. The van der Waals surface area contributed by atoms with Gasteiger partial charge in [0.15, 0.2) is 5.69 Å².